The Kier molecular flexibility index (Phi) is 7.13. The first-order valence-electron chi connectivity index (χ1n) is 11.3. The van der Waals surface area contributed by atoms with Crippen LogP contribution in [0.3, 0.4) is 0 Å². The first-order valence-corrected chi connectivity index (χ1v) is 12.0. The van der Waals surface area contributed by atoms with Gasteiger partial charge in [0, 0.05) is 37.4 Å². The second-order valence-electron chi connectivity index (χ2n) is 8.94. The fourth-order valence-corrected chi connectivity index (χ4v) is 4.81. The van der Waals surface area contributed by atoms with Crippen molar-refractivity contribution >= 4 is 40.8 Å². The number of aryl methyl sites for hydroxylation is 1. The average molecular weight is 477 g/mol. The van der Waals surface area contributed by atoms with Crippen LogP contribution >= 0.6 is 23.2 Å². The number of fused-ring (bicyclic) bond motifs is 1. The predicted molar refractivity (Wildman–Crippen MR) is 130 cm³/mol. The summed E-state index contributed by atoms with van der Waals surface area (Å²) in [6, 6.07) is 9.88. The zero-order valence-corrected chi connectivity index (χ0v) is 20.2. The fourth-order valence-electron chi connectivity index (χ4n) is 4.40. The maximum Gasteiger partial charge on any atom is 0.413 e. The predicted octanol–water partition coefficient (Wildman–Crippen LogP) is 5.72. The Morgan fingerprint density at radius 1 is 1.06 bits per heavy atom. The molecule has 1 aromatic carbocycles. The van der Waals surface area contributed by atoms with Crippen molar-refractivity contribution in [2.24, 2.45) is 0 Å². The molecular formula is C24H30Cl2N4O2. The Morgan fingerprint density at radius 3 is 2.62 bits per heavy atom. The highest BCUT2D eigenvalue weighted by Crippen LogP contribution is 2.35. The van der Waals surface area contributed by atoms with Gasteiger partial charge in [-0.2, -0.15) is 0 Å². The molecule has 2 aromatic rings. The Labute approximate surface area is 199 Å². The fraction of sp³-hybridized carbons (Fsp3) is 0.500. The first-order chi connectivity index (χ1) is 15.3. The topological polar surface area (TPSA) is 57.7 Å². The summed E-state index contributed by atoms with van der Waals surface area (Å²) in [6.07, 6.45) is 3.87. The van der Waals surface area contributed by atoms with Crippen LogP contribution in [0.15, 0.2) is 30.3 Å². The summed E-state index contributed by atoms with van der Waals surface area (Å²) in [4.78, 5) is 21.2. The number of amides is 1. The number of hydrogen-bond acceptors (Lipinski definition) is 5. The lowest BCUT2D eigenvalue weighted by Gasteiger charge is -2.36. The summed E-state index contributed by atoms with van der Waals surface area (Å²) in [5, 5.41) is 3.98. The van der Waals surface area contributed by atoms with E-state index in [4.69, 9.17) is 27.9 Å². The van der Waals surface area contributed by atoms with E-state index in [2.05, 4.69) is 20.1 Å². The molecule has 3 heterocycles. The first kappa shape index (κ1) is 23.1. The maximum absolute atomic E-state index is 11.7. The second-order valence-corrected chi connectivity index (χ2v) is 9.72. The van der Waals surface area contributed by atoms with Crippen LogP contribution in [-0.4, -0.2) is 48.7 Å². The van der Waals surface area contributed by atoms with Gasteiger partial charge in [0.2, 0.25) is 0 Å². The number of carbonyl (C=O) groups is 1. The summed E-state index contributed by atoms with van der Waals surface area (Å²) < 4.78 is 5.34. The molecule has 8 heteroatoms. The number of cyclic esters (lactones) is 1. The number of hydrogen-bond donors (Lipinski definition) is 1. The van der Waals surface area contributed by atoms with E-state index in [1.807, 2.05) is 44.2 Å². The minimum absolute atomic E-state index is 0.440. The highest BCUT2D eigenvalue weighted by Gasteiger charge is 2.34. The van der Waals surface area contributed by atoms with Crippen LogP contribution < -0.4 is 10.2 Å². The van der Waals surface area contributed by atoms with E-state index >= 15 is 0 Å². The van der Waals surface area contributed by atoms with Crippen molar-refractivity contribution in [1.82, 2.24) is 9.88 Å². The lowest BCUT2D eigenvalue weighted by atomic mass is 9.97. The average Bonchev–Trinajstić information content (AvgIpc) is 2.75. The Morgan fingerprint density at radius 2 is 1.84 bits per heavy atom. The van der Waals surface area contributed by atoms with E-state index < -0.39 is 11.7 Å². The molecule has 6 nitrogen and oxygen atoms in total. The van der Waals surface area contributed by atoms with E-state index in [1.54, 1.807) is 0 Å². The van der Waals surface area contributed by atoms with E-state index in [0.717, 1.165) is 68.9 Å². The third-order valence-electron chi connectivity index (χ3n) is 6.22. The number of aromatic nitrogens is 1. The highest BCUT2D eigenvalue weighted by molar-refractivity contribution is 6.43. The molecule has 0 spiro atoms. The van der Waals surface area contributed by atoms with Gasteiger partial charge in [0.1, 0.15) is 11.4 Å². The molecule has 172 valence electrons. The van der Waals surface area contributed by atoms with Crippen LogP contribution in [0.25, 0.3) is 0 Å². The molecule has 4 rings (SSSR count). The van der Waals surface area contributed by atoms with E-state index in [1.165, 1.54) is 6.42 Å². The molecule has 2 aliphatic rings. The van der Waals surface area contributed by atoms with Gasteiger partial charge in [0.25, 0.3) is 0 Å². The van der Waals surface area contributed by atoms with Crippen LogP contribution in [0, 0.1) is 0 Å². The van der Waals surface area contributed by atoms with Crippen molar-refractivity contribution in [3.63, 3.8) is 0 Å². The molecule has 0 saturated carbocycles. The van der Waals surface area contributed by atoms with Crippen LogP contribution in [0.5, 0.6) is 0 Å². The molecule has 2 aliphatic heterocycles. The molecule has 0 atom stereocenters. The number of benzene rings is 1. The van der Waals surface area contributed by atoms with E-state index in [0.29, 0.717) is 15.9 Å². The summed E-state index contributed by atoms with van der Waals surface area (Å²) in [6.45, 7) is 8.87. The molecule has 0 radical (unpaired) electrons. The van der Waals surface area contributed by atoms with Gasteiger partial charge in [-0.05, 0) is 63.9 Å². The molecule has 1 saturated heterocycles. The van der Waals surface area contributed by atoms with Crippen molar-refractivity contribution in [3.8, 4) is 0 Å². The summed E-state index contributed by atoms with van der Waals surface area (Å²) in [7, 11) is 0. The standard InChI is InChI=1S/C24H30Cl2N4O2/c1-24(2)18-11-10-17(27-22(18)28-23(31)32-24)7-4-3-5-12-29-13-15-30(16-14-29)20-9-6-8-19(25)21(20)26/h6,8-11H,3-5,7,12-16H2,1-2H3,(H,27,28,31). The molecule has 1 amide bonds. The van der Waals surface area contributed by atoms with Gasteiger partial charge in [-0.1, -0.05) is 35.7 Å². The number of piperazine rings is 1. The molecule has 0 aliphatic carbocycles. The highest BCUT2D eigenvalue weighted by atomic mass is 35.5. The largest absolute Gasteiger partial charge is 0.438 e. The van der Waals surface area contributed by atoms with E-state index in [9.17, 15) is 4.79 Å². The molecule has 32 heavy (non-hydrogen) atoms. The molecular weight excluding hydrogens is 447 g/mol. The SMILES string of the molecule is CC1(C)OC(=O)Nc2nc(CCCCCN3CCN(c4cccc(Cl)c4Cl)CC3)ccc21. The minimum atomic E-state index is -0.647. The smallest absolute Gasteiger partial charge is 0.413 e. The Hall–Kier alpha value is -2.02. The van der Waals surface area contributed by atoms with Gasteiger partial charge in [-0.15, -0.1) is 0 Å². The van der Waals surface area contributed by atoms with Crippen molar-refractivity contribution in [1.29, 1.82) is 0 Å². The Balaban J connectivity index is 1.18. The zero-order chi connectivity index (χ0) is 22.7. The summed E-state index contributed by atoms with van der Waals surface area (Å²) in [5.74, 6) is 0.626. The number of carbonyl (C=O) groups excluding carboxylic acids is 1. The van der Waals surface area contributed by atoms with Crippen LogP contribution in [0.2, 0.25) is 10.0 Å². The van der Waals surface area contributed by atoms with Gasteiger partial charge in [0.15, 0.2) is 0 Å². The normalized spacial score (nSPS) is 18.1. The number of nitrogens with one attached hydrogen (secondary N) is 1. The van der Waals surface area contributed by atoms with Crippen molar-refractivity contribution in [2.45, 2.75) is 45.1 Å². The molecule has 1 fully saturated rings. The van der Waals surface area contributed by atoms with Gasteiger partial charge in [0.05, 0.1) is 15.7 Å². The number of pyridine rings is 1. The number of unbranched alkanes of at least 4 members (excludes halogenated alkanes) is 2. The van der Waals surface area contributed by atoms with Crippen LogP contribution in [-0.2, 0) is 16.8 Å². The van der Waals surface area contributed by atoms with Crippen molar-refractivity contribution < 1.29 is 9.53 Å². The molecule has 1 aromatic heterocycles. The molecule has 1 N–H and O–H groups in total. The monoisotopic (exact) mass is 476 g/mol. The number of ether oxygens (including phenoxy) is 1. The number of halogens is 2. The van der Waals surface area contributed by atoms with Crippen LogP contribution in [0.4, 0.5) is 16.3 Å². The second kappa shape index (κ2) is 9.86. The number of rotatable bonds is 7. The lowest BCUT2D eigenvalue weighted by Crippen LogP contribution is -2.46. The minimum Gasteiger partial charge on any atom is -0.438 e. The van der Waals surface area contributed by atoms with Gasteiger partial charge < -0.3 is 9.64 Å². The maximum atomic E-state index is 11.7. The summed E-state index contributed by atoms with van der Waals surface area (Å²) in [5.41, 5.74) is 2.31. The lowest BCUT2D eigenvalue weighted by molar-refractivity contribution is 0.0415. The van der Waals surface area contributed by atoms with Crippen molar-refractivity contribution in [3.05, 3.63) is 51.6 Å². The Bertz CT molecular complexity index is 974. The number of anilines is 2. The third kappa shape index (κ3) is 5.30. The molecule has 0 bridgehead atoms. The van der Waals surface area contributed by atoms with Gasteiger partial charge >= 0.3 is 6.09 Å². The van der Waals surface area contributed by atoms with Gasteiger partial charge in [-0.3, -0.25) is 10.2 Å². The quantitative estimate of drug-likeness (QED) is 0.517. The zero-order valence-electron chi connectivity index (χ0n) is 18.7. The summed E-state index contributed by atoms with van der Waals surface area (Å²) >= 11 is 12.5. The van der Waals surface area contributed by atoms with Gasteiger partial charge in [-0.25, -0.2) is 9.78 Å². The third-order valence-corrected chi connectivity index (χ3v) is 7.03. The van der Waals surface area contributed by atoms with Crippen LogP contribution in [0.1, 0.15) is 44.4 Å². The van der Waals surface area contributed by atoms with Crippen molar-refractivity contribution in [2.75, 3.05) is 42.9 Å². The number of nitrogens with zero attached hydrogens (tertiary/aromatic N) is 3. The molecule has 0 unspecified atom stereocenters. The van der Waals surface area contributed by atoms with E-state index in [-0.39, 0.29) is 0 Å².